The molecule has 0 radical (unpaired) electrons. The summed E-state index contributed by atoms with van der Waals surface area (Å²) in [6, 6.07) is 4.73. The molecule has 0 bridgehead atoms. The number of carbonyl (C=O) groups excluding carboxylic acids is 1. The Morgan fingerprint density at radius 3 is 2.84 bits per heavy atom. The lowest BCUT2D eigenvalue weighted by Gasteiger charge is -2.37. The average molecular weight is 281 g/mol. The molecule has 2 rings (SSSR count). The Bertz CT molecular complexity index is 488. The number of benzene rings is 1. The van der Waals surface area contributed by atoms with Crippen LogP contribution in [0.25, 0.3) is 0 Å². The van der Waals surface area contributed by atoms with Gasteiger partial charge in [-0.05, 0) is 32.0 Å². The third-order valence-corrected chi connectivity index (χ3v) is 4.44. The lowest BCUT2D eigenvalue weighted by Crippen LogP contribution is -2.46. The van der Waals surface area contributed by atoms with Crippen molar-refractivity contribution in [3.63, 3.8) is 0 Å². The summed E-state index contributed by atoms with van der Waals surface area (Å²) >= 11 is 1.87. The molecule has 0 aliphatic carbocycles. The summed E-state index contributed by atoms with van der Waals surface area (Å²) < 4.78 is 5.16. The van der Waals surface area contributed by atoms with Crippen molar-refractivity contribution in [2.24, 2.45) is 0 Å². The van der Waals surface area contributed by atoms with Crippen LogP contribution in [0.4, 0.5) is 0 Å². The minimum Gasteiger partial charge on any atom is -0.507 e. The van der Waals surface area contributed by atoms with Crippen molar-refractivity contribution >= 4 is 17.7 Å². The number of hydrogen-bond donors (Lipinski definition) is 1. The van der Waals surface area contributed by atoms with Gasteiger partial charge in [-0.1, -0.05) is 0 Å². The number of aromatic hydroxyl groups is 1. The first kappa shape index (κ1) is 14.1. The number of nitrogens with zero attached hydrogens (tertiary/aromatic N) is 1. The summed E-state index contributed by atoms with van der Waals surface area (Å²) in [5.41, 5.74) is 0.307. The van der Waals surface area contributed by atoms with Gasteiger partial charge >= 0.3 is 0 Å². The molecule has 1 fully saturated rings. The fraction of sp³-hybridized carbons (Fsp3) is 0.500. The molecular weight excluding hydrogens is 262 g/mol. The zero-order valence-electron chi connectivity index (χ0n) is 11.5. The van der Waals surface area contributed by atoms with Gasteiger partial charge in [-0.2, -0.15) is 11.8 Å². The van der Waals surface area contributed by atoms with Gasteiger partial charge in [0, 0.05) is 23.6 Å². The van der Waals surface area contributed by atoms with E-state index in [-0.39, 0.29) is 16.4 Å². The van der Waals surface area contributed by atoms with E-state index in [4.69, 9.17) is 4.74 Å². The second kappa shape index (κ2) is 5.33. The SMILES string of the molecule is COc1ccc(O)c(C(=O)N2CCSC(C)(C)C2)c1. The van der Waals surface area contributed by atoms with E-state index in [1.807, 2.05) is 11.8 Å². The molecule has 0 unspecified atom stereocenters. The number of carbonyl (C=O) groups is 1. The minimum absolute atomic E-state index is 0.00170. The number of methoxy groups -OCH3 is 1. The lowest BCUT2D eigenvalue weighted by molar-refractivity contribution is 0.0744. The van der Waals surface area contributed by atoms with Gasteiger partial charge in [-0.25, -0.2) is 0 Å². The number of thioether (sulfide) groups is 1. The molecule has 0 spiro atoms. The van der Waals surface area contributed by atoms with Gasteiger partial charge in [0.2, 0.25) is 0 Å². The van der Waals surface area contributed by atoms with Crippen molar-refractivity contribution in [3.05, 3.63) is 23.8 Å². The molecule has 1 heterocycles. The number of phenols is 1. The van der Waals surface area contributed by atoms with E-state index in [0.29, 0.717) is 24.4 Å². The van der Waals surface area contributed by atoms with Gasteiger partial charge in [0.1, 0.15) is 11.5 Å². The number of rotatable bonds is 2. The molecule has 1 N–H and O–H groups in total. The smallest absolute Gasteiger partial charge is 0.257 e. The van der Waals surface area contributed by atoms with Crippen LogP contribution in [0.3, 0.4) is 0 Å². The molecule has 1 aromatic rings. The fourth-order valence-electron chi connectivity index (χ4n) is 2.17. The molecule has 1 aliphatic heterocycles. The third kappa shape index (κ3) is 3.15. The minimum atomic E-state index is -0.134. The molecule has 1 aromatic carbocycles. The number of ether oxygens (including phenoxy) is 1. The van der Waals surface area contributed by atoms with Crippen molar-refractivity contribution in [2.45, 2.75) is 18.6 Å². The molecule has 5 heteroatoms. The highest BCUT2D eigenvalue weighted by Crippen LogP contribution is 2.32. The van der Waals surface area contributed by atoms with Crippen molar-refractivity contribution < 1.29 is 14.6 Å². The molecule has 104 valence electrons. The first-order valence-electron chi connectivity index (χ1n) is 6.23. The lowest BCUT2D eigenvalue weighted by atomic mass is 10.1. The fourth-order valence-corrected chi connectivity index (χ4v) is 3.28. The summed E-state index contributed by atoms with van der Waals surface area (Å²) in [7, 11) is 1.54. The van der Waals surface area contributed by atoms with Gasteiger partial charge in [0.15, 0.2) is 0 Å². The van der Waals surface area contributed by atoms with E-state index in [0.717, 1.165) is 5.75 Å². The summed E-state index contributed by atoms with van der Waals surface area (Å²) in [4.78, 5) is 14.3. The topological polar surface area (TPSA) is 49.8 Å². The maximum atomic E-state index is 12.5. The van der Waals surface area contributed by atoms with Crippen LogP contribution in [0.15, 0.2) is 18.2 Å². The van der Waals surface area contributed by atoms with Crippen LogP contribution in [0.5, 0.6) is 11.5 Å². The molecule has 1 amide bonds. The number of hydrogen-bond acceptors (Lipinski definition) is 4. The standard InChI is InChI=1S/C14H19NO3S/c1-14(2)9-15(6-7-19-14)13(17)11-8-10(18-3)4-5-12(11)16/h4-5,8,16H,6-7,9H2,1-3H3. The number of amides is 1. The van der Waals surface area contributed by atoms with Gasteiger partial charge in [0.05, 0.1) is 12.7 Å². The average Bonchev–Trinajstić information content (AvgIpc) is 2.37. The van der Waals surface area contributed by atoms with Gasteiger partial charge < -0.3 is 14.7 Å². The van der Waals surface area contributed by atoms with E-state index in [2.05, 4.69) is 13.8 Å². The first-order chi connectivity index (χ1) is 8.93. The largest absolute Gasteiger partial charge is 0.507 e. The van der Waals surface area contributed by atoms with Crippen LogP contribution in [0.2, 0.25) is 0 Å². The van der Waals surface area contributed by atoms with Crippen LogP contribution in [0, 0.1) is 0 Å². The maximum Gasteiger partial charge on any atom is 0.257 e. The zero-order valence-corrected chi connectivity index (χ0v) is 12.3. The Labute approximate surface area is 117 Å². The zero-order chi connectivity index (χ0) is 14.0. The van der Waals surface area contributed by atoms with E-state index >= 15 is 0 Å². The summed E-state index contributed by atoms with van der Waals surface area (Å²) in [6.07, 6.45) is 0. The Hall–Kier alpha value is -1.36. The van der Waals surface area contributed by atoms with Crippen molar-refractivity contribution in [3.8, 4) is 11.5 Å². The van der Waals surface area contributed by atoms with E-state index in [1.165, 1.54) is 6.07 Å². The molecule has 0 aromatic heterocycles. The van der Waals surface area contributed by atoms with Crippen LogP contribution in [-0.4, -0.2) is 46.6 Å². The molecule has 4 nitrogen and oxygen atoms in total. The highest BCUT2D eigenvalue weighted by atomic mass is 32.2. The second-order valence-corrected chi connectivity index (χ2v) is 7.02. The molecular formula is C14H19NO3S. The van der Waals surface area contributed by atoms with E-state index in [1.54, 1.807) is 24.1 Å². The van der Waals surface area contributed by atoms with E-state index in [9.17, 15) is 9.90 Å². The highest BCUT2D eigenvalue weighted by Gasteiger charge is 2.31. The van der Waals surface area contributed by atoms with Gasteiger partial charge in [0.25, 0.3) is 5.91 Å². The summed E-state index contributed by atoms with van der Waals surface area (Å²) in [5.74, 6) is 1.36. The monoisotopic (exact) mass is 281 g/mol. The predicted octanol–water partition coefficient (Wildman–Crippen LogP) is 2.37. The van der Waals surface area contributed by atoms with Crippen molar-refractivity contribution in [1.82, 2.24) is 4.90 Å². The van der Waals surface area contributed by atoms with Crippen LogP contribution in [0.1, 0.15) is 24.2 Å². The van der Waals surface area contributed by atoms with Crippen LogP contribution in [-0.2, 0) is 0 Å². The van der Waals surface area contributed by atoms with Crippen molar-refractivity contribution in [1.29, 1.82) is 0 Å². The quantitative estimate of drug-likeness (QED) is 0.904. The van der Waals surface area contributed by atoms with E-state index < -0.39 is 0 Å². The third-order valence-electron chi connectivity index (χ3n) is 3.15. The molecule has 1 aliphatic rings. The molecule has 1 saturated heterocycles. The van der Waals surface area contributed by atoms with Crippen molar-refractivity contribution in [2.75, 3.05) is 26.0 Å². The van der Waals surface area contributed by atoms with Gasteiger partial charge in [-0.15, -0.1) is 0 Å². The summed E-state index contributed by atoms with van der Waals surface area (Å²) in [5, 5.41) is 9.85. The Morgan fingerprint density at radius 2 is 2.21 bits per heavy atom. The Morgan fingerprint density at radius 1 is 1.47 bits per heavy atom. The molecule has 19 heavy (non-hydrogen) atoms. The maximum absolute atomic E-state index is 12.5. The summed E-state index contributed by atoms with van der Waals surface area (Å²) in [6.45, 7) is 5.65. The Kier molecular flexibility index (Phi) is 3.94. The number of phenolic OH excluding ortho intramolecular Hbond substituents is 1. The molecule has 0 atom stereocenters. The predicted molar refractivity (Wildman–Crippen MR) is 77.1 cm³/mol. The highest BCUT2D eigenvalue weighted by molar-refractivity contribution is 8.00. The first-order valence-corrected chi connectivity index (χ1v) is 7.22. The van der Waals surface area contributed by atoms with Gasteiger partial charge in [-0.3, -0.25) is 4.79 Å². The normalized spacial score (nSPS) is 18.2. The Balaban J connectivity index is 2.24. The second-order valence-electron chi connectivity index (χ2n) is 5.22. The van der Waals surface area contributed by atoms with Crippen LogP contribution < -0.4 is 4.74 Å². The van der Waals surface area contributed by atoms with Crippen LogP contribution >= 0.6 is 11.8 Å². The molecule has 0 saturated carbocycles.